The second kappa shape index (κ2) is 6.53. The normalized spacial score (nSPS) is 27.9. The number of hydrogen-bond donors (Lipinski definition) is 1. The molecule has 1 fully saturated rings. The number of likely N-dealkylation sites (N-methyl/N-ethyl adjacent to an activating group) is 2. The molecule has 4 nitrogen and oxygen atoms in total. The van der Waals surface area contributed by atoms with Gasteiger partial charge in [0, 0.05) is 12.6 Å². The zero-order valence-corrected chi connectivity index (χ0v) is 12.5. The van der Waals surface area contributed by atoms with Gasteiger partial charge in [0.15, 0.2) is 0 Å². The van der Waals surface area contributed by atoms with Gasteiger partial charge in [0.05, 0.1) is 7.11 Å². The van der Waals surface area contributed by atoms with Crippen LogP contribution in [0.15, 0.2) is 0 Å². The van der Waals surface area contributed by atoms with Crippen LogP contribution in [0.3, 0.4) is 0 Å². The fourth-order valence-electron chi connectivity index (χ4n) is 3.04. The molecule has 1 aliphatic carbocycles. The molecule has 1 aliphatic rings. The first kappa shape index (κ1) is 15.4. The van der Waals surface area contributed by atoms with Gasteiger partial charge in [-0.15, -0.1) is 0 Å². The van der Waals surface area contributed by atoms with Gasteiger partial charge in [-0.05, 0) is 39.8 Å². The SMILES string of the molecule is CNC(C)(CN(C)C1CCCCC1C)C(=O)OC. The third kappa shape index (κ3) is 3.45. The molecule has 0 aliphatic heterocycles. The molecule has 1 saturated carbocycles. The predicted octanol–water partition coefficient (Wildman–Crippen LogP) is 1.65. The van der Waals surface area contributed by atoms with Crippen LogP contribution < -0.4 is 5.32 Å². The Kier molecular flexibility index (Phi) is 5.60. The lowest BCUT2D eigenvalue weighted by Crippen LogP contribution is -2.57. The highest BCUT2D eigenvalue weighted by Crippen LogP contribution is 2.28. The Morgan fingerprint density at radius 2 is 2.06 bits per heavy atom. The lowest BCUT2D eigenvalue weighted by molar-refractivity contribution is -0.148. The van der Waals surface area contributed by atoms with Crippen molar-refractivity contribution in [3.05, 3.63) is 0 Å². The van der Waals surface area contributed by atoms with E-state index in [0.717, 1.165) is 0 Å². The molecule has 0 aromatic heterocycles. The first-order chi connectivity index (χ1) is 8.44. The number of carbonyl (C=O) groups excluding carboxylic acids is 1. The molecule has 106 valence electrons. The maximum atomic E-state index is 11.9. The molecule has 0 radical (unpaired) electrons. The monoisotopic (exact) mass is 256 g/mol. The fraction of sp³-hybridized carbons (Fsp3) is 0.929. The Hall–Kier alpha value is -0.610. The lowest BCUT2D eigenvalue weighted by atomic mass is 9.84. The number of esters is 1. The molecule has 18 heavy (non-hydrogen) atoms. The summed E-state index contributed by atoms with van der Waals surface area (Å²) >= 11 is 0. The number of nitrogens with one attached hydrogen (secondary N) is 1. The minimum atomic E-state index is -0.624. The number of rotatable bonds is 5. The first-order valence-corrected chi connectivity index (χ1v) is 6.92. The van der Waals surface area contributed by atoms with Gasteiger partial charge < -0.3 is 15.0 Å². The van der Waals surface area contributed by atoms with E-state index >= 15 is 0 Å². The van der Waals surface area contributed by atoms with Gasteiger partial charge in [-0.25, -0.2) is 0 Å². The molecule has 1 N–H and O–H groups in total. The zero-order chi connectivity index (χ0) is 13.8. The van der Waals surface area contributed by atoms with E-state index in [1.807, 2.05) is 14.0 Å². The Bertz CT molecular complexity index is 283. The maximum Gasteiger partial charge on any atom is 0.327 e. The summed E-state index contributed by atoms with van der Waals surface area (Å²) in [5.74, 6) is 0.516. The van der Waals surface area contributed by atoms with Crippen molar-refractivity contribution in [3.63, 3.8) is 0 Å². The van der Waals surface area contributed by atoms with Gasteiger partial charge in [-0.2, -0.15) is 0 Å². The summed E-state index contributed by atoms with van der Waals surface area (Å²) in [5, 5.41) is 3.10. The van der Waals surface area contributed by atoms with Gasteiger partial charge in [0.25, 0.3) is 0 Å². The highest BCUT2D eigenvalue weighted by atomic mass is 16.5. The number of carbonyl (C=O) groups is 1. The van der Waals surface area contributed by atoms with Gasteiger partial charge in [0.1, 0.15) is 5.54 Å². The lowest BCUT2D eigenvalue weighted by Gasteiger charge is -2.40. The summed E-state index contributed by atoms with van der Waals surface area (Å²) < 4.78 is 4.89. The van der Waals surface area contributed by atoms with Crippen LogP contribution in [0.5, 0.6) is 0 Å². The van der Waals surface area contributed by atoms with E-state index in [1.54, 1.807) is 0 Å². The largest absolute Gasteiger partial charge is 0.468 e. The third-order valence-corrected chi connectivity index (χ3v) is 4.39. The van der Waals surface area contributed by atoms with Crippen LogP contribution in [0.1, 0.15) is 39.5 Å². The van der Waals surface area contributed by atoms with E-state index in [-0.39, 0.29) is 5.97 Å². The van der Waals surface area contributed by atoms with Crippen LogP contribution in [-0.4, -0.2) is 50.2 Å². The van der Waals surface area contributed by atoms with E-state index in [0.29, 0.717) is 18.5 Å². The molecule has 1 rings (SSSR count). The van der Waals surface area contributed by atoms with Crippen molar-refractivity contribution < 1.29 is 9.53 Å². The Morgan fingerprint density at radius 1 is 1.44 bits per heavy atom. The molecular weight excluding hydrogens is 228 g/mol. The molecule has 0 saturated heterocycles. The van der Waals surface area contributed by atoms with Gasteiger partial charge in [-0.3, -0.25) is 4.79 Å². The van der Waals surface area contributed by atoms with Crippen LogP contribution in [0, 0.1) is 5.92 Å². The molecule has 0 aromatic carbocycles. The standard InChI is InChI=1S/C14H28N2O2/c1-11-8-6-7-9-12(11)16(4)10-14(2,15-3)13(17)18-5/h11-12,15H,6-10H2,1-5H3. The summed E-state index contributed by atoms with van der Waals surface area (Å²) in [6.45, 7) is 4.91. The van der Waals surface area contributed by atoms with Gasteiger partial charge in [-0.1, -0.05) is 19.8 Å². The second-order valence-corrected chi connectivity index (χ2v) is 5.82. The molecule has 3 atom stereocenters. The van der Waals surface area contributed by atoms with Gasteiger partial charge >= 0.3 is 5.97 Å². The Balaban J connectivity index is 2.66. The molecule has 0 heterocycles. The van der Waals surface area contributed by atoms with E-state index in [1.165, 1.54) is 32.8 Å². The smallest absolute Gasteiger partial charge is 0.327 e. The number of ether oxygens (including phenoxy) is 1. The van der Waals surface area contributed by atoms with Crippen LogP contribution in [0.2, 0.25) is 0 Å². The first-order valence-electron chi connectivity index (χ1n) is 6.92. The number of nitrogens with zero attached hydrogens (tertiary/aromatic N) is 1. The predicted molar refractivity (Wildman–Crippen MR) is 73.5 cm³/mol. The molecule has 0 aromatic rings. The quantitative estimate of drug-likeness (QED) is 0.759. The number of hydrogen-bond acceptors (Lipinski definition) is 4. The van der Waals surface area contributed by atoms with Crippen molar-refractivity contribution in [2.75, 3.05) is 27.7 Å². The summed E-state index contributed by atoms with van der Waals surface area (Å²) in [5.41, 5.74) is -0.624. The average molecular weight is 256 g/mol. The van der Waals surface area contributed by atoms with E-state index in [9.17, 15) is 4.79 Å². The minimum Gasteiger partial charge on any atom is -0.468 e. The maximum absolute atomic E-state index is 11.9. The number of methoxy groups -OCH3 is 1. The topological polar surface area (TPSA) is 41.6 Å². The molecule has 3 unspecified atom stereocenters. The Labute approximate surface area is 111 Å². The van der Waals surface area contributed by atoms with Gasteiger partial charge in [0.2, 0.25) is 0 Å². The highest BCUT2D eigenvalue weighted by Gasteiger charge is 2.36. The van der Waals surface area contributed by atoms with Crippen LogP contribution in [0.25, 0.3) is 0 Å². The zero-order valence-electron chi connectivity index (χ0n) is 12.5. The molecule has 4 heteroatoms. The Morgan fingerprint density at radius 3 is 2.56 bits per heavy atom. The van der Waals surface area contributed by atoms with Crippen molar-refractivity contribution in [2.45, 2.75) is 51.1 Å². The second-order valence-electron chi connectivity index (χ2n) is 5.82. The molecule has 0 spiro atoms. The van der Waals surface area contributed by atoms with E-state index < -0.39 is 5.54 Å². The van der Waals surface area contributed by atoms with Crippen molar-refractivity contribution in [2.24, 2.45) is 5.92 Å². The van der Waals surface area contributed by atoms with Crippen molar-refractivity contribution in [1.82, 2.24) is 10.2 Å². The van der Waals surface area contributed by atoms with Crippen LogP contribution in [0.4, 0.5) is 0 Å². The van der Waals surface area contributed by atoms with Crippen molar-refractivity contribution in [1.29, 1.82) is 0 Å². The van der Waals surface area contributed by atoms with Crippen LogP contribution in [-0.2, 0) is 9.53 Å². The van der Waals surface area contributed by atoms with Crippen molar-refractivity contribution in [3.8, 4) is 0 Å². The van der Waals surface area contributed by atoms with E-state index in [2.05, 4.69) is 24.2 Å². The highest BCUT2D eigenvalue weighted by molar-refractivity contribution is 5.80. The summed E-state index contributed by atoms with van der Waals surface area (Å²) in [6, 6.07) is 0.580. The molecule has 0 bridgehead atoms. The fourth-order valence-corrected chi connectivity index (χ4v) is 3.04. The van der Waals surface area contributed by atoms with Crippen molar-refractivity contribution >= 4 is 5.97 Å². The molecule has 0 amide bonds. The summed E-state index contributed by atoms with van der Waals surface area (Å²) in [6.07, 6.45) is 5.17. The summed E-state index contributed by atoms with van der Waals surface area (Å²) in [7, 11) is 5.38. The average Bonchev–Trinajstić information content (AvgIpc) is 2.37. The third-order valence-electron chi connectivity index (χ3n) is 4.39. The van der Waals surface area contributed by atoms with Crippen LogP contribution >= 0.6 is 0 Å². The summed E-state index contributed by atoms with van der Waals surface area (Å²) in [4.78, 5) is 14.2. The van der Waals surface area contributed by atoms with E-state index in [4.69, 9.17) is 4.74 Å². The minimum absolute atomic E-state index is 0.194. The molecular formula is C14H28N2O2.